The smallest absolute Gasteiger partial charge is 0.327 e. The SMILES string of the molecule is O=C(CCl)Oc1nc2cc(Cl)c(Cl)cc2n(-c2ccccc2)c1=O. The summed E-state index contributed by atoms with van der Waals surface area (Å²) in [5.74, 6) is -1.55. The molecule has 122 valence electrons. The number of rotatable bonds is 3. The fraction of sp³-hybridized carbons (Fsp3) is 0.0625. The van der Waals surface area contributed by atoms with Crippen molar-refractivity contribution in [1.29, 1.82) is 0 Å². The molecule has 3 rings (SSSR count). The molecule has 1 heterocycles. The number of nitrogens with zero attached hydrogens (tertiary/aromatic N) is 2. The number of hydrogen-bond acceptors (Lipinski definition) is 4. The average molecular weight is 384 g/mol. The molecule has 0 fully saturated rings. The van der Waals surface area contributed by atoms with Gasteiger partial charge < -0.3 is 4.74 Å². The summed E-state index contributed by atoms with van der Waals surface area (Å²) in [6.45, 7) is 0. The number of esters is 1. The van der Waals surface area contributed by atoms with E-state index in [1.54, 1.807) is 24.3 Å². The number of halogens is 3. The van der Waals surface area contributed by atoms with Crippen LogP contribution in [0.1, 0.15) is 0 Å². The van der Waals surface area contributed by atoms with Crippen molar-refractivity contribution < 1.29 is 9.53 Å². The summed E-state index contributed by atoms with van der Waals surface area (Å²) >= 11 is 17.5. The third kappa shape index (κ3) is 3.11. The molecule has 0 spiro atoms. The maximum atomic E-state index is 12.7. The highest BCUT2D eigenvalue weighted by Gasteiger charge is 2.17. The van der Waals surface area contributed by atoms with Gasteiger partial charge in [-0.1, -0.05) is 41.4 Å². The third-order valence-corrected chi connectivity index (χ3v) is 4.14. The molecule has 0 atom stereocenters. The summed E-state index contributed by atoms with van der Waals surface area (Å²) in [5, 5.41) is 0.546. The Bertz CT molecular complexity index is 987. The van der Waals surface area contributed by atoms with Gasteiger partial charge in [0.05, 0.1) is 21.1 Å². The van der Waals surface area contributed by atoms with Crippen LogP contribution in [0.5, 0.6) is 5.88 Å². The van der Waals surface area contributed by atoms with E-state index in [1.165, 1.54) is 16.7 Å². The first-order valence-electron chi connectivity index (χ1n) is 6.75. The van der Waals surface area contributed by atoms with Crippen molar-refractivity contribution in [2.24, 2.45) is 0 Å². The van der Waals surface area contributed by atoms with E-state index in [2.05, 4.69) is 4.98 Å². The van der Waals surface area contributed by atoms with Crippen molar-refractivity contribution in [3.05, 3.63) is 62.9 Å². The van der Waals surface area contributed by atoms with Crippen molar-refractivity contribution in [3.8, 4) is 11.6 Å². The summed E-state index contributed by atoms with van der Waals surface area (Å²) in [5.41, 5.74) is 0.749. The van der Waals surface area contributed by atoms with Crippen molar-refractivity contribution in [3.63, 3.8) is 0 Å². The summed E-state index contributed by atoms with van der Waals surface area (Å²) in [7, 11) is 0. The molecule has 3 aromatic rings. The first kappa shape index (κ1) is 16.8. The Morgan fingerprint density at radius 1 is 1.12 bits per heavy atom. The minimum atomic E-state index is -0.778. The van der Waals surface area contributed by atoms with Crippen LogP contribution in [0.2, 0.25) is 10.0 Å². The van der Waals surface area contributed by atoms with E-state index < -0.39 is 17.4 Å². The van der Waals surface area contributed by atoms with Crippen molar-refractivity contribution in [2.45, 2.75) is 0 Å². The molecule has 0 amide bonds. The van der Waals surface area contributed by atoms with Crippen LogP contribution in [0.15, 0.2) is 47.3 Å². The molecular formula is C16H9Cl3N2O3. The van der Waals surface area contributed by atoms with Gasteiger partial charge in [0.1, 0.15) is 5.88 Å². The summed E-state index contributed by atoms with van der Waals surface area (Å²) in [6, 6.07) is 11.9. The molecule has 0 unspecified atom stereocenters. The molecule has 0 radical (unpaired) electrons. The number of ether oxygens (including phenoxy) is 1. The lowest BCUT2D eigenvalue weighted by Gasteiger charge is -2.12. The Hall–Kier alpha value is -2.08. The van der Waals surface area contributed by atoms with Gasteiger partial charge in [-0.2, -0.15) is 0 Å². The lowest BCUT2D eigenvalue weighted by molar-refractivity contribution is -0.131. The minimum Gasteiger partial charge on any atom is -0.401 e. The Labute approximate surface area is 151 Å². The number of carbonyl (C=O) groups is 1. The van der Waals surface area contributed by atoms with E-state index in [4.69, 9.17) is 39.5 Å². The number of aromatic nitrogens is 2. The molecule has 0 aliphatic heterocycles. The van der Waals surface area contributed by atoms with E-state index in [9.17, 15) is 9.59 Å². The molecular weight excluding hydrogens is 375 g/mol. The van der Waals surface area contributed by atoms with Gasteiger partial charge in [0.2, 0.25) is 0 Å². The average Bonchev–Trinajstić information content (AvgIpc) is 2.58. The Morgan fingerprint density at radius 3 is 2.46 bits per heavy atom. The number of para-hydroxylation sites is 1. The number of fused-ring (bicyclic) bond motifs is 1. The Morgan fingerprint density at radius 2 is 1.79 bits per heavy atom. The second kappa shape index (κ2) is 6.81. The van der Waals surface area contributed by atoms with Crippen LogP contribution in [0.4, 0.5) is 0 Å². The largest absolute Gasteiger partial charge is 0.401 e. The summed E-state index contributed by atoms with van der Waals surface area (Å²) < 4.78 is 6.29. The third-order valence-electron chi connectivity index (χ3n) is 3.20. The monoisotopic (exact) mass is 382 g/mol. The molecule has 0 aliphatic carbocycles. The standard InChI is InChI=1S/C16H9Cl3N2O3/c17-8-14(22)24-15-16(23)21(9-4-2-1-3-5-9)13-7-11(19)10(18)6-12(13)20-15/h1-7H,8H2. The zero-order valence-corrected chi connectivity index (χ0v) is 14.3. The van der Waals surface area contributed by atoms with Crippen LogP contribution in [-0.4, -0.2) is 21.4 Å². The van der Waals surface area contributed by atoms with Gasteiger partial charge in [0.15, 0.2) is 0 Å². The minimum absolute atomic E-state index is 0.268. The van der Waals surface area contributed by atoms with Crippen molar-refractivity contribution >= 4 is 51.8 Å². The van der Waals surface area contributed by atoms with E-state index in [1.807, 2.05) is 6.07 Å². The van der Waals surface area contributed by atoms with Gasteiger partial charge in [-0.05, 0) is 24.3 Å². The zero-order valence-electron chi connectivity index (χ0n) is 12.0. The molecule has 5 nitrogen and oxygen atoms in total. The van der Waals surface area contributed by atoms with Crippen LogP contribution >= 0.6 is 34.8 Å². The predicted molar refractivity (Wildman–Crippen MR) is 93.7 cm³/mol. The van der Waals surface area contributed by atoms with Gasteiger partial charge >= 0.3 is 11.5 Å². The summed E-state index contributed by atoms with van der Waals surface area (Å²) in [6.07, 6.45) is 0. The molecule has 1 aromatic heterocycles. The maximum absolute atomic E-state index is 12.7. The first-order valence-corrected chi connectivity index (χ1v) is 8.04. The maximum Gasteiger partial charge on any atom is 0.327 e. The molecule has 8 heteroatoms. The van der Waals surface area contributed by atoms with Gasteiger partial charge in [-0.25, -0.2) is 4.98 Å². The predicted octanol–water partition coefficient (Wildman–Crippen LogP) is 3.84. The fourth-order valence-electron chi connectivity index (χ4n) is 2.19. The van der Waals surface area contributed by atoms with Gasteiger partial charge in [0, 0.05) is 5.69 Å². The van der Waals surface area contributed by atoms with E-state index >= 15 is 0 Å². The number of hydrogen-bond donors (Lipinski definition) is 0. The molecule has 2 aromatic carbocycles. The van der Waals surface area contributed by atoms with E-state index in [-0.39, 0.29) is 15.9 Å². The molecule has 0 aliphatic rings. The zero-order chi connectivity index (χ0) is 17.3. The number of carbonyl (C=O) groups excluding carboxylic acids is 1. The summed E-state index contributed by atoms with van der Waals surface area (Å²) in [4.78, 5) is 28.3. The van der Waals surface area contributed by atoms with Gasteiger partial charge in [-0.3, -0.25) is 14.2 Å². The molecule has 0 saturated heterocycles. The van der Waals surface area contributed by atoms with Gasteiger partial charge in [-0.15, -0.1) is 11.6 Å². The van der Waals surface area contributed by atoms with E-state index in [0.717, 1.165) is 0 Å². The van der Waals surface area contributed by atoms with Crippen LogP contribution in [0, 0.1) is 0 Å². The fourth-order valence-corrected chi connectivity index (χ4v) is 2.56. The quantitative estimate of drug-likeness (QED) is 0.509. The Balaban J connectivity index is 2.37. The Kier molecular flexibility index (Phi) is 4.76. The molecule has 24 heavy (non-hydrogen) atoms. The second-order valence-electron chi connectivity index (χ2n) is 4.76. The second-order valence-corrected chi connectivity index (χ2v) is 5.84. The van der Waals surface area contributed by atoms with E-state index in [0.29, 0.717) is 16.7 Å². The lowest BCUT2D eigenvalue weighted by Crippen LogP contribution is -2.25. The number of benzene rings is 2. The highest BCUT2D eigenvalue weighted by atomic mass is 35.5. The van der Waals surface area contributed by atoms with Crippen molar-refractivity contribution in [1.82, 2.24) is 9.55 Å². The van der Waals surface area contributed by atoms with Crippen LogP contribution in [-0.2, 0) is 4.79 Å². The molecule has 0 N–H and O–H groups in total. The highest BCUT2D eigenvalue weighted by Crippen LogP contribution is 2.28. The lowest BCUT2D eigenvalue weighted by atomic mass is 10.2. The molecule has 0 saturated carbocycles. The van der Waals surface area contributed by atoms with Crippen LogP contribution in [0.3, 0.4) is 0 Å². The normalized spacial score (nSPS) is 10.8. The topological polar surface area (TPSA) is 61.2 Å². The molecule has 0 bridgehead atoms. The van der Waals surface area contributed by atoms with Crippen molar-refractivity contribution in [2.75, 3.05) is 5.88 Å². The highest BCUT2D eigenvalue weighted by molar-refractivity contribution is 6.42. The van der Waals surface area contributed by atoms with Crippen LogP contribution in [0.25, 0.3) is 16.7 Å². The number of alkyl halides is 1. The first-order chi connectivity index (χ1) is 11.5. The van der Waals surface area contributed by atoms with Crippen LogP contribution < -0.4 is 10.3 Å². The van der Waals surface area contributed by atoms with Gasteiger partial charge in [0.25, 0.3) is 5.88 Å².